The predicted octanol–water partition coefficient (Wildman–Crippen LogP) is 5.73. The summed E-state index contributed by atoms with van der Waals surface area (Å²) >= 11 is 0. The average molecular weight is 222 g/mol. The smallest absolute Gasteiger partial charge is 0.0346 e. The second-order valence-corrected chi connectivity index (χ2v) is 6.05. The zero-order valence-corrected chi connectivity index (χ0v) is 11.6. The molecule has 1 aliphatic carbocycles. The summed E-state index contributed by atoms with van der Waals surface area (Å²) in [5.74, 6) is 2.00. The van der Waals surface area contributed by atoms with Gasteiger partial charge in [-0.3, -0.25) is 0 Å². The van der Waals surface area contributed by atoms with Crippen molar-refractivity contribution in [1.29, 1.82) is 0 Å². The monoisotopic (exact) mass is 222 g/mol. The van der Waals surface area contributed by atoms with Crippen LogP contribution in [-0.4, -0.2) is 0 Å². The van der Waals surface area contributed by atoms with Gasteiger partial charge in [0, 0.05) is 0 Å². The highest BCUT2D eigenvalue weighted by molar-refractivity contribution is 4.92. The molecule has 1 unspecified atom stereocenters. The van der Waals surface area contributed by atoms with Crippen LogP contribution in [0.5, 0.6) is 0 Å². The van der Waals surface area contributed by atoms with Crippen molar-refractivity contribution in [3.05, 3.63) is 11.6 Å². The Kier molecular flexibility index (Phi) is 6.84. The van der Waals surface area contributed by atoms with Gasteiger partial charge in [0.15, 0.2) is 0 Å². The maximum Gasteiger partial charge on any atom is -0.0346 e. The van der Waals surface area contributed by atoms with Crippen molar-refractivity contribution in [3.8, 4) is 0 Å². The van der Waals surface area contributed by atoms with Gasteiger partial charge in [-0.15, -0.1) is 0 Å². The van der Waals surface area contributed by atoms with Crippen molar-refractivity contribution in [2.24, 2.45) is 11.8 Å². The van der Waals surface area contributed by atoms with Crippen LogP contribution in [0.1, 0.15) is 78.6 Å². The predicted molar refractivity (Wildman–Crippen MR) is 73.6 cm³/mol. The van der Waals surface area contributed by atoms with Gasteiger partial charge in [-0.25, -0.2) is 0 Å². The molecule has 0 amide bonds. The molecule has 0 heteroatoms. The van der Waals surface area contributed by atoms with Crippen molar-refractivity contribution in [2.45, 2.75) is 78.6 Å². The quantitative estimate of drug-likeness (QED) is 0.503. The number of allylic oxidation sites excluding steroid dienone is 2. The fraction of sp³-hybridized carbons (Fsp3) is 0.875. The Labute approximate surface area is 103 Å². The van der Waals surface area contributed by atoms with E-state index < -0.39 is 0 Å². The van der Waals surface area contributed by atoms with Crippen molar-refractivity contribution in [2.75, 3.05) is 0 Å². The van der Waals surface area contributed by atoms with Crippen LogP contribution in [0.4, 0.5) is 0 Å². The fourth-order valence-corrected chi connectivity index (χ4v) is 2.80. The van der Waals surface area contributed by atoms with Gasteiger partial charge >= 0.3 is 0 Å². The minimum atomic E-state index is 0.928. The van der Waals surface area contributed by atoms with E-state index in [4.69, 9.17) is 0 Å². The molecule has 1 saturated carbocycles. The van der Waals surface area contributed by atoms with E-state index >= 15 is 0 Å². The van der Waals surface area contributed by atoms with Crippen LogP contribution in [0.25, 0.3) is 0 Å². The third-order valence-electron chi connectivity index (χ3n) is 4.00. The zero-order valence-electron chi connectivity index (χ0n) is 11.6. The minimum absolute atomic E-state index is 0.928. The SMILES string of the molecule is CC(C)=CCCC(C)CCC1CCCCC1. The minimum Gasteiger partial charge on any atom is -0.0859 e. The Morgan fingerprint density at radius 2 is 1.81 bits per heavy atom. The maximum absolute atomic E-state index is 2.43. The van der Waals surface area contributed by atoms with Gasteiger partial charge in [0.05, 0.1) is 0 Å². The standard InChI is InChI=1S/C16H30/c1-14(2)8-7-9-15(3)12-13-16-10-5-4-6-11-16/h8,15-16H,4-7,9-13H2,1-3H3. The highest BCUT2D eigenvalue weighted by Gasteiger charge is 2.14. The lowest BCUT2D eigenvalue weighted by molar-refractivity contribution is 0.309. The molecule has 94 valence electrons. The van der Waals surface area contributed by atoms with E-state index in [9.17, 15) is 0 Å². The van der Waals surface area contributed by atoms with Crippen LogP contribution >= 0.6 is 0 Å². The second kappa shape index (κ2) is 7.92. The molecule has 0 radical (unpaired) electrons. The summed E-state index contributed by atoms with van der Waals surface area (Å²) in [6, 6.07) is 0. The van der Waals surface area contributed by atoms with Gasteiger partial charge in [0.1, 0.15) is 0 Å². The summed E-state index contributed by atoms with van der Waals surface area (Å²) in [6.07, 6.45) is 15.5. The van der Waals surface area contributed by atoms with Crippen molar-refractivity contribution < 1.29 is 0 Å². The molecule has 0 N–H and O–H groups in total. The Balaban J connectivity index is 2.04. The lowest BCUT2D eigenvalue weighted by Crippen LogP contribution is -2.08. The second-order valence-electron chi connectivity index (χ2n) is 6.05. The summed E-state index contributed by atoms with van der Waals surface area (Å²) < 4.78 is 0. The van der Waals surface area contributed by atoms with Crippen molar-refractivity contribution in [3.63, 3.8) is 0 Å². The molecule has 0 aliphatic heterocycles. The third-order valence-corrected chi connectivity index (χ3v) is 4.00. The molecule has 0 spiro atoms. The normalized spacial score (nSPS) is 19.4. The topological polar surface area (TPSA) is 0 Å². The van der Waals surface area contributed by atoms with Crippen LogP contribution < -0.4 is 0 Å². The molecule has 1 fully saturated rings. The maximum atomic E-state index is 2.43. The molecule has 0 aromatic heterocycles. The third kappa shape index (κ3) is 6.35. The van der Waals surface area contributed by atoms with Gasteiger partial charge in [0.25, 0.3) is 0 Å². The summed E-state index contributed by atoms with van der Waals surface area (Å²) in [5.41, 5.74) is 1.47. The lowest BCUT2D eigenvalue weighted by Gasteiger charge is -2.22. The van der Waals surface area contributed by atoms with E-state index in [1.54, 1.807) is 0 Å². The molecule has 0 nitrogen and oxygen atoms in total. The molecule has 1 atom stereocenters. The van der Waals surface area contributed by atoms with Crippen molar-refractivity contribution in [1.82, 2.24) is 0 Å². The molecule has 0 saturated heterocycles. The molecular weight excluding hydrogens is 192 g/mol. The van der Waals surface area contributed by atoms with E-state index in [0.717, 1.165) is 11.8 Å². The van der Waals surface area contributed by atoms with Crippen LogP contribution in [0.2, 0.25) is 0 Å². The van der Waals surface area contributed by atoms with E-state index in [1.807, 2.05) is 0 Å². The highest BCUT2D eigenvalue weighted by atomic mass is 14.2. The summed E-state index contributed by atoms with van der Waals surface area (Å²) in [6.45, 7) is 6.83. The van der Waals surface area contributed by atoms with Crippen LogP contribution in [0.3, 0.4) is 0 Å². The van der Waals surface area contributed by atoms with E-state index in [2.05, 4.69) is 26.8 Å². The average Bonchev–Trinajstić information content (AvgIpc) is 2.27. The summed E-state index contributed by atoms with van der Waals surface area (Å²) in [7, 11) is 0. The zero-order chi connectivity index (χ0) is 11.8. The van der Waals surface area contributed by atoms with Crippen LogP contribution in [-0.2, 0) is 0 Å². The fourth-order valence-electron chi connectivity index (χ4n) is 2.80. The first-order chi connectivity index (χ1) is 7.68. The van der Waals surface area contributed by atoms with E-state index in [1.165, 1.54) is 63.4 Å². The molecule has 0 bridgehead atoms. The Hall–Kier alpha value is -0.260. The molecule has 1 aliphatic rings. The first-order valence-corrected chi connectivity index (χ1v) is 7.32. The van der Waals surface area contributed by atoms with E-state index in [-0.39, 0.29) is 0 Å². The molecule has 0 aromatic rings. The van der Waals surface area contributed by atoms with Gasteiger partial charge < -0.3 is 0 Å². The number of hydrogen-bond donors (Lipinski definition) is 0. The summed E-state index contributed by atoms with van der Waals surface area (Å²) in [5, 5.41) is 0. The molecule has 16 heavy (non-hydrogen) atoms. The Morgan fingerprint density at radius 1 is 1.12 bits per heavy atom. The molecular formula is C16H30. The van der Waals surface area contributed by atoms with Crippen molar-refractivity contribution >= 4 is 0 Å². The van der Waals surface area contributed by atoms with Gasteiger partial charge in [-0.2, -0.15) is 0 Å². The number of hydrogen-bond acceptors (Lipinski definition) is 0. The van der Waals surface area contributed by atoms with Crippen LogP contribution in [0.15, 0.2) is 11.6 Å². The van der Waals surface area contributed by atoms with Gasteiger partial charge in [-0.1, -0.05) is 63.5 Å². The molecule has 0 heterocycles. The Bertz CT molecular complexity index is 192. The molecule has 0 aromatic carbocycles. The van der Waals surface area contributed by atoms with Gasteiger partial charge in [-0.05, 0) is 38.5 Å². The lowest BCUT2D eigenvalue weighted by atomic mass is 9.84. The highest BCUT2D eigenvalue weighted by Crippen LogP contribution is 2.29. The number of rotatable bonds is 6. The van der Waals surface area contributed by atoms with Gasteiger partial charge in [0.2, 0.25) is 0 Å². The first-order valence-electron chi connectivity index (χ1n) is 7.32. The molecule has 1 rings (SSSR count). The summed E-state index contributed by atoms with van der Waals surface area (Å²) in [4.78, 5) is 0. The first kappa shape index (κ1) is 13.8. The largest absolute Gasteiger partial charge is 0.0859 e. The van der Waals surface area contributed by atoms with Crippen LogP contribution in [0, 0.1) is 11.8 Å². The van der Waals surface area contributed by atoms with E-state index in [0.29, 0.717) is 0 Å². The Morgan fingerprint density at radius 3 is 2.44 bits per heavy atom.